The van der Waals surface area contributed by atoms with Gasteiger partial charge < -0.3 is 9.88 Å². The third-order valence-corrected chi connectivity index (χ3v) is 4.99. The van der Waals surface area contributed by atoms with E-state index in [2.05, 4.69) is 50.7 Å². The molecule has 1 N–H and O–H groups in total. The molecule has 0 radical (unpaired) electrons. The van der Waals surface area contributed by atoms with E-state index in [-0.39, 0.29) is 5.54 Å². The number of aryl methyl sites for hydroxylation is 1. The number of rotatable bonds is 5. The normalized spacial score (nSPS) is 27.0. The van der Waals surface area contributed by atoms with E-state index in [1.807, 2.05) is 6.20 Å². The third-order valence-electron chi connectivity index (χ3n) is 4.99. The monoisotopic (exact) mass is 291 g/mol. The van der Waals surface area contributed by atoms with Crippen molar-refractivity contribution in [3.05, 3.63) is 18.2 Å². The molecule has 2 rings (SSSR count). The van der Waals surface area contributed by atoms with Crippen LogP contribution in [0.15, 0.2) is 12.4 Å². The Labute approximate surface area is 130 Å². The smallest absolute Gasteiger partial charge is 0.112 e. The molecule has 21 heavy (non-hydrogen) atoms. The quantitative estimate of drug-likeness (QED) is 0.881. The fourth-order valence-electron chi connectivity index (χ4n) is 3.61. The molecule has 0 amide bonds. The Morgan fingerprint density at radius 1 is 1.29 bits per heavy atom. The van der Waals surface area contributed by atoms with Crippen molar-refractivity contribution in [2.24, 2.45) is 11.8 Å². The maximum Gasteiger partial charge on any atom is 0.112 e. The van der Waals surface area contributed by atoms with Crippen LogP contribution in [0, 0.1) is 11.8 Å². The summed E-state index contributed by atoms with van der Waals surface area (Å²) in [7, 11) is 0. The fourth-order valence-corrected chi connectivity index (χ4v) is 3.61. The van der Waals surface area contributed by atoms with Gasteiger partial charge in [0.1, 0.15) is 5.82 Å². The van der Waals surface area contributed by atoms with Gasteiger partial charge in [-0.15, -0.1) is 0 Å². The van der Waals surface area contributed by atoms with Crippen LogP contribution in [0.2, 0.25) is 0 Å². The van der Waals surface area contributed by atoms with Crippen LogP contribution in [0.3, 0.4) is 0 Å². The van der Waals surface area contributed by atoms with E-state index >= 15 is 0 Å². The first-order valence-electron chi connectivity index (χ1n) is 8.70. The molecule has 1 saturated carbocycles. The molecule has 3 nitrogen and oxygen atoms in total. The predicted molar refractivity (Wildman–Crippen MR) is 89.5 cm³/mol. The minimum absolute atomic E-state index is 0.201. The van der Waals surface area contributed by atoms with Gasteiger partial charge in [-0.1, -0.05) is 19.8 Å². The van der Waals surface area contributed by atoms with Crippen molar-refractivity contribution in [3.63, 3.8) is 0 Å². The minimum Gasteiger partial charge on any atom is -0.335 e. The molecule has 1 fully saturated rings. The molecule has 3 heteroatoms. The van der Waals surface area contributed by atoms with Crippen molar-refractivity contribution < 1.29 is 0 Å². The van der Waals surface area contributed by atoms with Crippen molar-refractivity contribution in [3.8, 4) is 0 Å². The van der Waals surface area contributed by atoms with Gasteiger partial charge in [0.05, 0.1) is 0 Å². The highest BCUT2D eigenvalue weighted by Gasteiger charge is 2.33. The first kappa shape index (κ1) is 16.5. The van der Waals surface area contributed by atoms with Gasteiger partial charge >= 0.3 is 0 Å². The molecule has 1 heterocycles. The molecule has 0 aliphatic heterocycles. The van der Waals surface area contributed by atoms with Crippen LogP contribution in [-0.2, 0) is 6.54 Å². The lowest BCUT2D eigenvalue weighted by molar-refractivity contribution is 0.204. The van der Waals surface area contributed by atoms with Gasteiger partial charge in [-0.2, -0.15) is 0 Å². The average Bonchev–Trinajstić information content (AvgIpc) is 2.92. The Morgan fingerprint density at radius 2 is 2.05 bits per heavy atom. The highest BCUT2D eigenvalue weighted by Crippen LogP contribution is 2.41. The summed E-state index contributed by atoms with van der Waals surface area (Å²) in [6, 6.07) is 0. The molecule has 1 aliphatic rings. The molecule has 1 aromatic rings. The lowest BCUT2D eigenvalue weighted by atomic mass is 9.72. The molecule has 3 unspecified atom stereocenters. The number of nitrogens with zero attached hydrogens (tertiary/aromatic N) is 2. The van der Waals surface area contributed by atoms with Crippen molar-refractivity contribution in [1.82, 2.24) is 14.9 Å². The predicted octanol–water partition coefficient (Wildman–Crippen LogP) is 4.20. The first-order valence-corrected chi connectivity index (χ1v) is 8.70. The van der Waals surface area contributed by atoms with Gasteiger partial charge in [0.15, 0.2) is 0 Å². The van der Waals surface area contributed by atoms with Gasteiger partial charge in [-0.25, -0.2) is 4.98 Å². The van der Waals surface area contributed by atoms with E-state index in [4.69, 9.17) is 4.98 Å². The zero-order valence-electron chi connectivity index (χ0n) is 14.5. The Bertz CT molecular complexity index is 430. The van der Waals surface area contributed by atoms with Gasteiger partial charge in [0.2, 0.25) is 0 Å². The van der Waals surface area contributed by atoms with Crippen molar-refractivity contribution >= 4 is 0 Å². The van der Waals surface area contributed by atoms with Crippen LogP contribution in [0.4, 0.5) is 0 Å². The second-order valence-corrected chi connectivity index (χ2v) is 7.66. The van der Waals surface area contributed by atoms with Gasteiger partial charge in [0, 0.05) is 30.4 Å². The molecule has 1 aliphatic carbocycles. The van der Waals surface area contributed by atoms with Gasteiger partial charge in [-0.3, -0.25) is 0 Å². The summed E-state index contributed by atoms with van der Waals surface area (Å²) >= 11 is 0. The van der Waals surface area contributed by atoms with Crippen molar-refractivity contribution in [2.45, 2.75) is 78.3 Å². The molecule has 1 aromatic heterocycles. The van der Waals surface area contributed by atoms with E-state index < -0.39 is 0 Å². The SMILES string of the molecule is CCC1CCC(CNC(C)(C)C)C(c2nccn2CC)C1. The zero-order chi connectivity index (χ0) is 15.5. The second-order valence-electron chi connectivity index (χ2n) is 7.66. The summed E-state index contributed by atoms with van der Waals surface area (Å²) in [5.41, 5.74) is 0.201. The molecule has 3 atom stereocenters. The molecule has 120 valence electrons. The topological polar surface area (TPSA) is 29.9 Å². The molecule has 0 bridgehead atoms. The van der Waals surface area contributed by atoms with Gasteiger partial charge in [0.25, 0.3) is 0 Å². The lowest BCUT2D eigenvalue weighted by Gasteiger charge is -2.37. The molecule has 0 saturated heterocycles. The number of hydrogen-bond donors (Lipinski definition) is 1. The van der Waals surface area contributed by atoms with Crippen LogP contribution < -0.4 is 5.32 Å². The highest BCUT2D eigenvalue weighted by molar-refractivity contribution is 5.06. The second kappa shape index (κ2) is 6.95. The summed E-state index contributed by atoms with van der Waals surface area (Å²) in [6.07, 6.45) is 9.45. The van der Waals surface area contributed by atoms with E-state index in [1.54, 1.807) is 0 Å². The number of hydrogen-bond acceptors (Lipinski definition) is 2. The number of nitrogens with one attached hydrogen (secondary N) is 1. The zero-order valence-corrected chi connectivity index (χ0v) is 14.5. The maximum atomic E-state index is 4.71. The summed E-state index contributed by atoms with van der Waals surface area (Å²) < 4.78 is 2.34. The standard InChI is InChI=1S/C18H33N3/c1-6-14-8-9-15(13-20-18(3,4)5)16(12-14)17-19-10-11-21(17)7-2/h10-11,14-16,20H,6-9,12-13H2,1-5H3. The molecular formula is C18H33N3. The maximum absolute atomic E-state index is 4.71. The van der Waals surface area contributed by atoms with Crippen molar-refractivity contribution in [1.29, 1.82) is 0 Å². The Morgan fingerprint density at radius 3 is 2.67 bits per heavy atom. The molecular weight excluding hydrogens is 258 g/mol. The van der Waals surface area contributed by atoms with Gasteiger partial charge in [-0.05, 0) is 58.9 Å². The van der Waals surface area contributed by atoms with Crippen LogP contribution in [0.25, 0.3) is 0 Å². The van der Waals surface area contributed by atoms with Crippen LogP contribution in [0.1, 0.15) is 72.0 Å². The number of imidazole rings is 1. The Kier molecular flexibility index (Phi) is 5.48. The summed E-state index contributed by atoms with van der Waals surface area (Å²) in [5, 5.41) is 3.72. The largest absolute Gasteiger partial charge is 0.335 e. The first-order chi connectivity index (χ1) is 9.94. The van der Waals surface area contributed by atoms with E-state index in [9.17, 15) is 0 Å². The van der Waals surface area contributed by atoms with Crippen LogP contribution in [-0.4, -0.2) is 21.6 Å². The fraction of sp³-hybridized carbons (Fsp3) is 0.833. The number of aromatic nitrogens is 2. The summed E-state index contributed by atoms with van der Waals surface area (Å²) in [4.78, 5) is 4.71. The van der Waals surface area contributed by atoms with E-state index in [0.29, 0.717) is 5.92 Å². The molecule has 0 aromatic carbocycles. The summed E-state index contributed by atoms with van der Waals surface area (Å²) in [6.45, 7) is 13.5. The van der Waals surface area contributed by atoms with E-state index in [0.717, 1.165) is 24.9 Å². The van der Waals surface area contributed by atoms with E-state index in [1.165, 1.54) is 31.5 Å². The minimum atomic E-state index is 0.201. The third kappa shape index (κ3) is 4.32. The highest BCUT2D eigenvalue weighted by atomic mass is 15.1. The van der Waals surface area contributed by atoms with Crippen molar-refractivity contribution in [2.75, 3.05) is 6.54 Å². The average molecular weight is 291 g/mol. The molecule has 0 spiro atoms. The Balaban J connectivity index is 2.14. The summed E-state index contributed by atoms with van der Waals surface area (Å²) in [5.74, 6) is 3.53. The van der Waals surface area contributed by atoms with Crippen LogP contribution >= 0.6 is 0 Å². The lowest BCUT2D eigenvalue weighted by Crippen LogP contribution is -2.42. The Hall–Kier alpha value is -0.830. The van der Waals surface area contributed by atoms with Crippen LogP contribution in [0.5, 0.6) is 0 Å².